The molecule has 1 aromatic heterocycles. The monoisotopic (exact) mass is 241 g/mol. The van der Waals surface area contributed by atoms with Crippen LogP contribution in [0.15, 0.2) is 4.79 Å². The quantitative estimate of drug-likeness (QED) is 0.794. The van der Waals surface area contributed by atoms with E-state index < -0.39 is 0 Å². The van der Waals surface area contributed by atoms with Crippen molar-refractivity contribution in [2.75, 3.05) is 6.54 Å². The van der Waals surface area contributed by atoms with Crippen LogP contribution in [0.2, 0.25) is 5.15 Å². The van der Waals surface area contributed by atoms with Crippen molar-refractivity contribution in [2.24, 2.45) is 5.73 Å². The van der Waals surface area contributed by atoms with Gasteiger partial charge in [-0.05, 0) is 19.4 Å². The molecule has 0 saturated heterocycles. The third kappa shape index (κ3) is 1.87. The van der Waals surface area contributed by atoms with Crippen LogP contribution >= 0.6 is 11.6 Å². The van der Waals surface area contributed by atoms with Crippen molar-refractivity contribution in [2.45, 2.75) is 38.6 Å². The highest BCUT2D eigenvalue weighted by Gasteiger charge is 2.20. The first-order valence-electron chi connectivity index (χ1n) is 5.64. The lowest BCUT2D eigenvalue weighted by Gasteiger charge is -2.20. The molecular formula is C11H16ClN3O. The lowest BCUT2D eigenvalue weighted by molar-refractivity contribution is 0.489. The smallest absolute Gasteiger partial charge is 0.258 e. The van der Waals surface area contributed by atoms with Gasteiger partial charge in [0, 0.05) is 18.9 Å². The number of aryl methyl sites for hydroxylation is 1. The Morgan fingerprint density at radius 2 is 2.31 bits per heavy atom. The Balaban J connectivity index is 2.59. The molecule has 88 valence electrons. The minimum absolute atomic E-state index is 0.00681. The van der Waals surface area contributed by atoms with Crippen molar-refractivity contribution in [1.82, 2.24) is 9.55 Å². The second-order valence-electron chi connectivity index (χ2n) is 4.28. The summed E-state index contributed by atoms with van der Waals surface area (Å²) in [6.07, 6.45) is 2.95. The SMILES string of the molecule is CC(CN)c1c(Cl)nc2n(c1=O)CCCC2. The molecule has 16 heavy (non-hydrogen) atoms. The van der Waals surface area contributed by atoms with Gasteiger partial charge < -0.3 is 5.73 Å². The molecule has 2 rings (SSSR count). The summed E-state index contributed by atoms with van der Waals surface area (Å²) in [4.78, 5) is 16.5. The van der Waals surface area contributed by atoms with E-state index in [-0.39, 0.29) is 11.5 Å². The van der Waals surface area contributed by atoms with Gasteiger partial charge in [-0.2, -0.15) is 0 Å². The fourth-order valence-corrected chi connectivity index (χ4v) is 2.46. The molecule has 1 aromatic rings. The number of nitrogens with two attached hydrogens (primary N) is 1. The summed E-state index contributed by atoms with van der Waals surface area (Å²) in [7, 11) is 0. The van der Waals surface area contributed by atoms with E-state index in [4.69, 9.17) is 17.3 Å². The first-order chi connectivity index (χ1) is 7.65. The first-order valence-corrected chi connectivity index (χ1v) is 6.02. The third-order valence-corrected chi connectivity index (χ3v) is 3.40. The molecular weight excluding hydrogens is 226 g/mol. The highest BCUT2D eigenvalue weighted by molar-refractivity contribution is 6.30. The molecule has 0 fully saturated rings. The van der Waals surface area contributed by atoms with Crippen molar-refractivity contribution in [1.29, 1.82) is 0 Å². The Hall–Kier alpha value is -0.870. The molecule has 0 aliphatic carbocycles. The summed E-state index contributed by atoms with van der Waals surface area (Å²) in [5, 5.41) is 0.330. The lowest BCUT2D eigenvalue weighted by Crippen LogP contribution is -2.33. The van der Waals surface area contributed by atoms with E-state index in [1.807, 2.05) is 6.92 Å². The number of hydrogen-bond acceptors (Lipinski definition) is 3. The number of nitrogens with zero attached hydrogens (tertiary/aromatic N) is 2. The molecule has 1 atom stereocenters. The fraction of sp³-hybridized carbons (Fsp3) is 0.636. The largest absolute Gasteiger partial charge is 0.330 e. The van der Waals surface area contributed by atoms with E-state index in [1.165, 1.54) is 0 Å². The maximum absolute atomic E-state index is 12.2. The van der Waals surface area contributed by atoms with Gasteiger partial charge in [0.05, 0.1) is 5.56 Å². The Morgan fingerprint density at radius 3 is 3.00 bits per heavy atom. The van der Waals surface area contributed by atoms with Crippen LogP contribution in [0.3, 0.4) is 0 Å². The van der Waals surface area contributed by atoms with Crippen LogP contribution < -0.4 is 11.3 Å². The average molecular weight is 242 g/mol. The minimum atomic E-state index is -0.0350. The maximum Gasteiger partial charge on any atom is 0.258 e. The van der Waals surface area contributed by atoms with Gasteiger partial charge >= 0.3 is 0 Å². The highest BCUT2D eigenvalue weighted by atomic mass is 35.5. The molecule has 0 saturated carbocycles. The summed E-state index contributed by atoms with van der Waals surface area (Å²) in [5.74, 6) is 0.779. The molecule has 0 spiro atoms. The summed E-state index contributed by atoms with van der Waals surface area (Å²) in [5.41, 5.74) is 6.14. The van der Waals surface area contributed by atoms with Crippen molar-refractivity contribution in [3.05, 3.63) is 26.9 Å². The Labute approximate surface area is 99.4 Å². The zero-order valence-electron chi connectivity index (χ0n) is 9.37. The topological polar surface area (TPSA) is 60.9 Å². The molecule has 4 nitrogen and oxygen atoms in total. The van der Waals surface area contributed by atoms with Gasteiger partial charge in [0.15, 0.2) is 0 Å². The van der Waals surface area contributed by atoms with E-state index in [0.29, 0.717) is 17.3 Å². The Bertz CT molecular complexity index is 455. The van der Waals surface area contributed by atoms with Gasteiger partial charge in [-0.3, -0.25) is 9.36 Å². The van der Waals surface area contributed by atoms with E-state index in [2.05, 4.69) is 4.98 Å². The van der Waals surface area contributed by atoms with Crippen LogP contribution in [0.5, 0.6) is 0 Å². The molecule has 0 radical (unpaired) electrons. The third-order valence-electron chi connectivity index (χ3n) is 3.12. The molecule has 0 amide bonds. The minimum Gasteiger partial charge on any atom is -0.330 e. The first kappa shape index (κ1) is 11.6. The average Bonchev–Trinajstić information content (AvgIpc) is 2.28. The number of rotatable bonds is 2. The van der Waals surface area contributed by atoms with E-state index in [1.54, 1.807) is 4.57 Å². The van der Waals surface area contributed by atoms with Gasteiger partial charge in [0.25, 0.3) is 5.56 Å². The molecule has 2 heterocycles. The predicted octanol–water partition coefficient (Wildman–Crippen LogP) is 1.30. The standard InChI is InChI=1S/C11H16ClN3O/c1-7(6-13)9-10(12)14-8-4-2-3-5-15(8)11(9)16/h7H,2-6,13H2,1H3. The predicted molar refractivity (Wildman–Crippen MR) is 63.9 cm³/mol. The molecule has 0 bridgehead atoms. The second kappa shape index (κ2) is 4.55. The van der Waals surface area contributed by atoms with E-state index in [0.717, 1.165) is 31.6 Å². The number of aromatic nitrogens is 2. The summed E-state index contributed by atoms with van der Waals surface area (Å²) >= 11 is 6.06. The van der Waals surface area contributed by atoms with Crippen LogP contribution in [0.25, 0.3) is 0 Å². The molecule has 1 unspecified atom stereocenters. The number of hydrogen-bond donors (Lipinski definition) is 1. The normalized spacial score (nSPS) is 16.9. The summed E-state index contributed by atoms with van der Waals surface area (Å²) in [6.45, 7) is 3.07. The molecule has 5 heteroatoms. The van der Waals surface area contributed by atoms with Gasteiger partial charge in [-0.1, -0.05) is 18.5 Å². The number of fused-ring (bicyclic) bond motifs is 1. The van der Waals surface area contributed by atoms with E-state index >= 15 is 0 Å². The van der Waals surface area contributed by atoms with Gasteiger partial charge in [0.2, 0.25) is 0 Å². The molecule has 1 aliphatic rings. The molecule has 2 N–H and O–H groups in total. The van der Waals surface area contributed by atoms with Gasteiger partial charge in [0.1, 0.15) is 11.0 Å². The summed E-state index contributed by atoms with van der Waals surface area (Å²) < 4.78 is 1.75. The van der Waals surface area contributed by atoms with Crippen molar-refractivity contribution in [3.63, 3.8) is 0 Å². The molecule has 0 aromatic carbocycles. The van der Waals surface area contributed by atoms with Crippen LogP contribution in [-0.2, 0) is 13.0 Å². The number of halogens is 1. The zero-order valence-corrected chi connectivity index (χ0v) is 10.1. The summed E-state index contributed by atoms with van der Waals surface area (Å²) in [6, 6.07) is 0. The van der Waals surface area contributed by atoms with Crippen LogP contribution in [0.1, 0.15) is 37.1 Å². The fourth-order valence-electron chi connectivity index (χ4n) is 2.09. The van der Waals surface area contributed by atoms with E-state index in [9.17, 15) is 4.79 Å². The maximum atomic E-state index is 12.2. The van der Waals surface area contributed by atoms with Crippen molar-refractivity contribution >= 4 is 11.6 Å². The Morgan fingerprint density at radius 1 is 1.56 bits per heavy atom. The molecule has 1 aliphatic heterocycles. The lowest BCUT2D eigenvalue weighted by atomic mass is 10.0. The second-order valence-corrected chi connectivity index (χ2v) is 4.64. The van der Waals surface area contributed by atoms with Gasteiger partial charge in [-0.15, -0.1) is 0 Å². The van der Waals surface area contributed by atoms with Crippen molar-refractivity contribution < 1.29 is 0 Å². The van der Waals surface area contributed by atoms with Crippen LogP contribution in [0, 0.1) is 0 Å². The zero-order chi connectivity index (χ0) is 11.7. The van der Waals surface area contributed by atoms with Crippen LogP contribution in [0.4, 0.5) is 0 Å². The highest BCUT2D eigenvalue weighted by Crippen LogP contribution is 2.21. The van der Waals surface area contributed by atoms with Crippen LogP contribution in [-0.4, -0.2) is 16.1 Å². The van der Waals surface area contributed by atoms with Gasteiger partial charge in [-0.25, -0.2) is 4.98 Å². The van der Waals surface area contributed by atoms with Crippen molar-refractivity contribution in [3.8, 4) is 0 Å². The Kier molecular flexibility index (Phi) is 3.30.